The summed E-state index contributed by atoms with van der Waals surface area (Å²) >= 11 is 5.99. The van der Waals surface area contributed by atoms with E-state index >= 15 is 0 Å². The number of nitrogens with one attached hydrogen (secondary N) is 1. The summed E-state index contributed by atoms with van der Waals surface area (Å²) in [6.45, 7) is 1.37. The molecule has 1 N–H and O–H groups in total. The number of rotatable bonds is 8. The van der Waals surface area contributed by atoms with Gasteiger partial charge in [0.15, 0.2) is 0 Å². The van der Waals surface area contributed by atoms with Crippen molar-refractivity contribution in [2.75, 3.05) is 19.0 Å². The van der Waals surface area contributed by atoms with Crippen LogP contribution in [0.4, 0.5) is 10.1 Å². The van der Waals surface area contributed by atoms with Crippen LogP contribution in [-0.2, 0) is 11.3 Å². The summed E-state index contributed by atoms with van der Waals surface area (Å²) in [7, 11) is 1.55. The number of carbonyl (C=O) groups excluding carboxylic acids is 1. The zero-order valence-corrected chi connectivity index (χ0v) is 15.4. The van der Waals surface area contributed by atoms with Crippen molar-refractivity contribution >= 4 is 23.2 Å². The highest BCUT2D eigenvalue weighted by molar-refractivity contribution is 6.31. The van der Waals surface area contributed by atoms with Gasteiger partial charge >= 0.3 is 0 Å². The van der Waals surface area contributed by atoms with Gasteiger partial charge in [0.05, 0.1) is 12.8 Å². The molecule has 1 aliphatic carbocycles. The number of methoxy groups -OCH3 is 1. The molecule has 0 aromatic heterocycles. The van der Waals surface area contributed by atoms with Crippen LogP contribution in [0.3, 0.4) is 0 Å². The summed E-state index contributed by atoms with van der Waals surface area (Å²) < 4.78 is 18.3. The van der Waals surface area contributed by atoms with E-state index in [1.807, 2.05) is 0 Å². The summed E-state index contributed by atoms with van der Waals surface area (Å²) in [5.41, 5.74) is 1.62. The van der Waals surface area contributed by atoms with Crippen LogP contribution in [0.1, 0.15) is 24.8 Å². The lowest BCUT2D eigenvalue weighted by Gasteiger charge is -2.22. The molecular formula is C20H22ClFN2O2. The lowest BCUT2D eigenvalue weighted by Crippen LogP contribution is -2.29. The Bertz CT molecular complexity index is 763. The second-order valence-electron chi connectivity index (χ2n) is 6.47. The summed E-state index contributed by atoms with van der Waals surface area (Å²) in [5.74, 6) is 0.255. The molecule has 0 aliphatic heterocycles. The number of nitrogens with zero attached hydrogens (tertiary/aromatic N) is 1. The highest BCUT2D eigenvalue weighted by atomic mass is 35.5. The standard InChI is InChI=1S/C20H22ClFN2O2/c1-26-19-9-4-15(21)12-18(19)23-20(25)10-11-24(17-7-8-17)13-14-2-5-16(22)6-3-14/h2-6,9,12,17H,7-8,10-11,13H2,1H3,(H,23,25). The zero-order valence-electron chi connectivity index (χ0n) is 14.7. The first kappa shape index (κ1) is 18.7. The normalized spacial score (nSPS) is 13.7. The Morgan fingerprint density at radius 2 is 2.00 bits per heavy atom. The van der Waals surface area contributed by atoms with E-state index in [-0.39, 0.29) is 11.7 Å². The molecule has 2 aromatic rings. The summed E-state index contributed by atoms with van der Waals surface area (Å²) in [6, 6.07) is 12.2. The number of hydrogen-bond acceptors (Lipinski definition) is 3. The van der Waals surface area contributed by atoms with Crippen LogP contribution < -0.4 is 10.1 Å². The molecule has 1 aliphatic rings. The van der Waals surface area contributed by atoms with E-state index in [1.165, 1.54) is 12.1 Å². The summed E-state index contributed by atoms with van der Waals surface area (Å²) in [5, 5.41) is 3.40. The molecule has 0 spiro atoms. The molecule has 0 heterocycles. The van der Waals surface area contributed by atoms with E-state index in [1.54, 1.807) is 37.4 Å². The fourth-order valence-electron chi connectivity index (χ4n) is 2.89. The molecular weight excluding hydrogens is 355 g/mol. The highest BCUT2D eigenvalue weighted by Crippen LogP contribution is 2.29. The topological polar surface area (TPSA) is 41.6 Å². The van der Waals surface area contributed by atoms with Gasteiger partial charge in [-0.2, -0.15) is 0 Å². The van der Waals surface area contributed by atoms with Crippen molar-refractivity contribution in [2.24, 2.45) is 0 Å². The number of hydrogen-bond donors (Lipinski definition) is 1. The Balaban J connectivity index is 1.56. The molecule has 1 amide bonds. The molecule has 0 atom stereocenters. The zero-order chi connectivity index (χ0) is 18.5. The van der Waals surface area contributed by atoms with Crippen molar-refractivity contribution in [1.82, 2.24) is 4.90 Å². The molecule has 4 nitrogen and oxygen atoms in total. The minimum Gasteiger partial charge on any atom is -0.495 e. The Morgan fingerprint density at radius 3 is 2.65 bits per heavy atom. The third-order valence-corrected chi connectivity index (χ3v) is 4.66. The van der Waals surface area contributed by atoms with Crippen molar-refractivity contribution in [1.29, 1.82) is 0 Å². The molecule has 6 heteroatoms. The van der Waals surface area contributed by atoms with Crippen molar-refractivity contribution in [3.8, 4) is 5.75 Å². The molecule has 2 aromatic carbocycles. The fourth-order valence-corrected chi connectivity index (χ4v) is 3.06. The van der Waals surface area contributed by atoms with E-state index in [9.17, 15) is 9.18 Å². The molecule has 1 fully saturated rings. The Morgan fingerprint density at radius 1 is 1.27 bits per heavy atom. The average molecular weight is 377 g/mol. The van der Waals surface area contributed by atoms with Gasteiger partial charge < -0.3 is 10.1 Å². The molecule has 0 bridgehead atoms. The van der Waals surface area contributed by atoms with Crippen molar-refractivity contribution < 1.29 is 13.9 Å². The average Bonchev–Trinajstić information content (AvgIpc) is 3.45. The van der Waals surface area contributed by atoms with E-state index in [2.05, 4.69) is 10.2 Å². The molecule has 3 rings (SSSR count). The highest BCUT2D eigenvalue weighted by Gasteiger charge is 2.29. The maximum absolute atomic E-state index is 13.1. The van der Waals surface area contributed by atoms with Crippen LogP contribution in [0.2, 0.25) is 5.02 Å². The Kier molecular flexibility index (Phi) is 6.12. The quantitative estimate of drug-likeness (QED) is 0.738. The number of halogens is 2. The molecule has 0 saturated heterocycles. The third-order valence-electron chi connectivity index (χ3n) is 4.42. The summed E-state index contributed by atoms with van der Waals surface area (Å²) in [6.07, 6.45) is 2.66. The SMILES string of the molecule is COc1ccc(Cl)cc1NC(=O)CCN(Cc1ccc(F)cc1)C1CC1. The largest absolute Gasteiger partial charge is 0.495 e. The Labute approximate surface area is 157 Å². The van der Waals surface area contributed by atoms with E-state index in [4.69, 9.17) is 16.3 Å². The second kappa shape index (κ2) is 8.52. The number of amides is 1. The lowest BCUT2D eigenvalue weighted by molar-refractivity contribution is -0.116. The molecule has 0 unspecified atom stereocenters. The molecule has 1 saturated carbocycles. The van der Waals surface area contributed by atoms with Crippen LogP contribution in [0.25, 0.3) is 0 Å². The van der Waals surface area contributed by atoms with Gasteiger partial charge in [0.25, 0.3) is 0 Å². The van der Waals surface area contributed by atoms with Gasteiger partial charge in [-0.25, -0.2) is 4.39 Å². The molecule has 0 radical (unpaired) electrons. The predicted octanol–water partition coefficient (Wildman–Crippen LogP) is 4.48. The van der Waals surface area contributed by atoms with Gasteiger partial charge in [-0.1, -0.05) is 23.7 Å². The van der Waals surface area contributed by atoms with Crippen molar-refractivity contribution in [3.05, 3.63) is 58.9 Å². The Hall–Kier alpha value is -2.11. The molecule has 138 valence electrons. The minimum absolute atomic E-state index is 0.0877. The fraction of sp³-hybridized carbons (Fsp3) is 0.350. The molecule has 26 heavy (non-hydrogen) atoms. The van der Waals surface area contributed by atoms with E-state index in [0.717, 1.165) is 24.9 Å². The third kappa shape index (κ3) is 5.19. The number of anilines is 1. The number of carbonyl (C=O) groups is 1. The first-order chi connectivity index (χ1) is 12.5. The second-order valence-corrected chi connectivity index (χ2v) is 6.91. The van der Waals surface area contributed by atoms with Gasteiger partial charge in [-0.3, -0.25) is 9.69 Å². The summed E-state index contributed by atoms with van der Waals surface area (Å²) in [4.78, 5) is 14.6. The van der Waals surface area contributed by atoms with E-state index < -0.39 is 0 Å². The smallest absolute Gasteiger partial charge is 0.225 e. The maximum atomic E-state index is 13.1. The first-order valence-corrected chi connectivity index (χ1v) is 9.05. The van der Waals surface area contributed by atoms with Crippen molar-refractivity contribution in [2.45, 2.75) is 31.8 Å². The van der Waals surface area contributed by atoms with Gasteiger partial charge in [-0.05, 0) is 48.7 Å². The van der Waals surface area contributed by atoms with Gasteiger partial charge in [0.2, 0.25) is 5.91 Å². The van der Waals surface area contributed by atoms with Crippen LogP contribution in [0.5, 0.6) is 5.75 Å². The monoisotopic (exact) mass is 376 g/mol. The maximum Gasteiger partial charge on any atom is 0.225 e. The van der Waals surface area contributed by atoms with Gasteiger partial charge in [0, 0.05) is 30.6 Å². The van der Waals surface area contributed by atoms with Crippen LogP contribution in [-0.4, -0.2) is 30.5 Å². The number of benzene rings is 2. The van der Waals surface area contributed by atoms with Gasteiger partial charge in [0.1, 0.15) is 11.6 Å². The number of ether oxygens (including phenoxy) is 1. The van der Waals surface area contributed by atoms with Crippen LogP contribution in [0.15, 0.2) is 42.5 Å². The lowest BCUT2D eigenvalue weighted by atomic mass is 10.2. The first-order valence-electron chi connectivity index (χ1n) is 8.67. The van der Waals surface area contributed by atoms with Crippen LogP contribution >= 0.6 is 11.6 Å². The predicted molar refractivity (Wildman–Crippen MR) is 101 cm³/mol. The van der Waals surface area contributed by atoms with Crippen molar-refractivity contribution in [3.63, 3.8) is 0 Å². The van der Waals surface area contributed by atoms with Crippen LogP contribution in [0, 0.1) is 5.82 Å². The van der Waals surface area contributed by atoms with Gasteiger partial charge in [-0.15, -0.1) is 0 Å². The van der Waals surface area contributed by atoms with E-state index in [0.29, 0.717) is 35.5 Å². The minimum atomic E-state index is -0.235.